The smallest absolute Gasteiger partial charge is 0.225 e. The van der Waals surface area contributed by atoms with E-state index in [1.54, 1.807) is 11.3 Å². The highest BCUT2D eigenvalue weighted by molar-refractivity contribution is 14.0. The van der Waals surface area contributed by atoms with E-state index < -0.39 is 0 Å². The first-order valence-electron chi connectivity index (χ1n) is 10.2. The molecule has 1 amide bonds. The Balaban J connectivity index is 0.00000280. The number of hydrogen-bond donors (Lipinski definition) is 2. The molecular weight excluding hydrogens is 485 g/mol. The minimum Gasteiger partial charge on any atom is -0.355 e. The summed E-state index contributed by atoms with van der Waals surface area (Å²) in [6.45, 7) is 7.66. The molecule has 1 saturated heterocycles. The SMILES string of the molecule is CN=C(NCCN1CCN(C(=O)C2CCCC2)CC1)NC(C)c1cccs1.I. The first-order chi connectivity index (χ1) is 13.2. The molecule has 0 spiro atoms. The normalized spacial score (nSPS) is 19.9. The van der Waals surface area contributed by atoms with E-state index in [1.807, 2.05) is 7.05 Å². The third-order valence-corrected chi connectivity index (χ3v) is 6.71. The van der Waals surface area contributed by atoms with Crippen LogP contribution in [0.1, 0.15) is 43.5 Å². The van der Waals surface area contributed by atoms with Crippen molar-refractivity contribution in [2.75, 3.05) is 46.3 Å². The highest BCUT2D eigenvalue weighted by atomic mass is 127. The van der Waals surface area contributed by atoms with Gasteiger partial charge in [-0.05, 0) is 31.2 Å². The molecule has 6 nitrogen and oxygen atoms in total. The largest absolute Gasteiger partial charge is 0.355 e. The molecule has 1 saturated carbocycles. The lowest BCUT2D eigenvalue weighted by molar-refractivity contribution is -0.137. The van der Waals surface area contributed by atoms with Gasteiger partial charge < -0.3 is 15.5 Å². The molecule has 0 bridgehead atoms. The number of rotatable bonds is 6. The Morgan fingerprint density at radius 1 is 1.29 bits per heavy atom. The minimum atomic E-state index is 0. The number of nitrogens with zero attached hydrogens (tertiary/aromatic N) is 3. The number of nitrogens with one attached hydrogen (secondary N) is 2. The predicted octanol–water partition coefficient (Wildman–Crippen LogP) is 2.93. The quantitative estimate of drug-likeness (QED) is 0.345. The molecule has 2 heterocycles. The fraction of sp³-hybridized carbons (Fsp3) is 0.700. The van der Waals surface area contributed by atoms with E-state index >= 15 is 0 Å². The molecule has 2 N–H and O–H groups in total. The monoisotopic (exact) mass is 519 g/mol. The van der Waals surface area contributed by atoms with Crippen molar-refractivity contribution >= 4 is 47.2 Å². The van der Waals surface area contributed by atoms with Gasteiger partial charge in [0.1, 0.15) is 0 Å². The Labute approximate surface area is 190 Å². The van der Waals surface area contributed by atoms with Gasteiger partial charge in [0.15, 0.2) is 5.96 Å². The number of thiophene rings is 1. The highest BCUT2D eigenvalue weighted by Gasteiger charge is 2.29. The summed E-state index contributed by atoms with van der Waals surface area (Å²) < 4.78 is 0. The number of piperazine rings is 1. The molecule has 2 fully saturated rings. The Kier molecular flexibility index (Phi) is 10.0. The lowest BCUT2D eigenvalue weighted by Gasteiger charge is -2.36. The van der Waals surface area contributed by atoms with E-state index in [4.69, 9.17) is 0 Å². The van der Waals surface area contributed by atoms with Crippen molar-refractivity contribution in [3.63, 3.8) is 0 Å². The van der Waals surface area contributed by atoms with Crippen molar-refractivity contribution in [3.8, 4) is 0 Å². The molecule has 3 rings (SSSR count). The van der Waals surface area contributed by atoms with Crippen molar-refractivity contribution in [3.05, 3.63) is 22.4 Å². The van der Waals surface area contributed by atoms with Crippen LogP contribution < -0.4 is 10.6 Å². The van der Waals surface area contributed by atoms with Crippen LogP contribution in [0.25, 0.3) is 0 Å². The van der Waals surface area contributed by atoms with Crippen LogP contribution in [-0.2, 0) is 4.79 Å². The molecule has 0 radical (unpaired) electrons. The van der Waals surface area contributed by atoms with Crippen molar-refractivity contribution < 1.29 is 4.79 Å². The molecule has 1 aromatic heterocycles. The van der Waals surface area contributed by atoms with Gasteiger partial charge in [0.2, 0.25) is 5.91 Å². The van der Waals surface area contributed by atoms with Gasteiger partial charge in [-0.2, -0.15) is 0 Å². The fourth-order valence-corrected chi connectivity index (χ4v) is 4.70. The second kappa shape index (κ2) is 12.0. The zero-order valence-electron chi connectivity index (χ0n) is 17.0. The van der Waals surface area contributed by atoms with Gasteiger partial charge in [0, 0.05) is 57.1 Å². The Morgan fingerprint density at radius 3 is 2.61 bits per heavy atom. The van der Waals surface area contributed by atoms with E-state index in [1.165, 1.54) is 17.7 Å². The topological polar surface area (TPSA) is 60.0 Å². The summed E-state index contributed by atoms with van der Waals surface area (Å²) in [5.74, 6) is 1.54. The summed E-state index contributed by atoms with van der Waals surface area (Å²) in [6, 6.07) is 4.47. The summed E-state index contributed by atoms with van der Waals surface area (Å²) in [5.41, 5.74) is 0. The first kappa shape index (κ1) is 23.4. The molecule has 1 unspecified atom stereocenters. The molecule has 1 atom stereocenters. The summed E-state index contributed by atoms with van der Waals surface area (Å²) in [5, 5.41) is 8.95. The number of carbonyl (C=O) groups excluding carboxylic acids is 1. The number of guanidine groups is 1. The molecular formula is C20H34IN5OS. The maximum absolute atomic E-state index is 12.5. The summed E-state index contributed by atoms with van der Waals surface area (Å²) >= 11 is 1.76. The lowest BCUT2D eigenvalue weighted by atomic mass is 10.1. The van der Waals surface area contributed by atoms with Gasteiger partial charge >= 0.3 is 0 Å². The number of halogens is 1. The van der Waals surface area contributed by atoms with E-state index in [2.05, 4.69) is 49.9 Å². The van der Waals surface area contributed by atoms with Crippen molar-refractivity contribution in [2.24, 2.45) is 10.9 Å². The van der Waals surface area contributed by atoms with E-state index in [9.17, 15) is 4.79 Å². The molecule has 1 aromatic rings. The average Bonchev–Trinajstić information content (AvgIpc) is 3.41. The van der Waals surface area contributed by atoms with E-state index in [0.717, 1.165) is 58.1 Å². The van der Waals surface area contributed by atoms with Gasteiger partial charge in [0.05, 0.1) is 6.04 Å². The molecule has 1 aliphatic heterocycles. The average molecular weight is 519 g/mol. The van der Waals surface area contributed by atoms with Crippen LogP contribution in [0.5, 0.6) is 0 Å². The molecule has 0 aromatic carbocycles. The third kappa shape index (κ3) is 6.59. The van der Waals surface area contributed by atoms with Gasteiger partial charge in [0.25, 0.3) is 0 Å². The number of hydrogen-bond acceptors (Lipinski definition) is 4. The Morgan fingerprint density at radius 2 is 2.00 bits per heavy atom. The van der Waals surface area contributed by atoms with Gasteiger partial charge in [-0.25, -0.2) is 0 Å². The number of aliphatic imine (C=N–C) groups is 1. The molecule has 1 aliphatic carbocycles. The second-order valence-electron chi connectivity index (χ2n) is 7.53. The van der Waals surface area contributed by atoms with Crippen LogP contribution in [0.15, 0.2) is 22.5 Å². The van der Waals surface area contributed by atoms with Gasteiger partial charge in [-0.1, -0.05) is 18.9 Å². The third-order valence-electron chi connectivity index (χ3n) is 5.66. The maximum atomic E-state index is 12.5. The second-order valence-corrected chi connectivity index (χ2v) is 8.51. The van der Waals surface area contributed by atoms with Crippen molar-refractivity contribution in [1.82, 2.24) is 20.4 Å². The first-order valence-corrected chi connectivity index (χ1v) is 11.1. The van der Waals surface area contributed by atoms with Crippen LogP contribution in [0, 0.1) is 5.92 Å². The van der Waals surface area contributed by atoms with Crippen LogP contribution >= 0.6 is 35.3 Å². The summed E-state index contributed by atoms with van der Waals surface area (Å²) in [4.78, 5) is 22.7. The highest BCUT2D eigenvalue weighted by Crippen LogP contribution is 2.26. The zero-order valence-corrected chi connectivity index (χ0v) is 20.2. The number of amides is 1. The van der Waals surface area contributed by atoms with Crippen molar-refractivity contribution in [1.29, 1.82) is 0 Å². The standard InChI is InChI=1S/C20H33N5OS.HI/c1-16(18-8-5-15-27-18)23-20(21-2)22-9-10-24-11-13-25(14-12-24)19(26)17-6-3-4-7-17;/h5,8,15-17H,3-4,6-7,9-14H2,1-2H3,(H2,21,22,23);1H. The van der Waals surface area contributed by atoms with Crippen molar-refractivity contribution in [2.45, 2.75) is 38.6 Å². The van der Waals surface area contributed by atoms with E-state index in [0.29, 0.717) is 11.8 Å². The Hall–Kier alpha value is -0.870. The van der Waals surface area contributed by atoms with Gasteiger partial charge in [-0.15, -0.1) is 35.3 Å². The number of carbonyl (C=O) groups is 1. The zero-order chi connectivity index (χ0) is 19.1. The van der Waals surface area contributed by atoms with Crippen LogP contribution in [0.4, 0.5) is 0 Å². The summed E-state index contributed by atoms with van der Waals surface area (Å²) in [7, 11) is 1.81. The fourth-order valence-electron chi connectivity index (χ4n) is 3.96. The van der Waals surface area contributed by atoms with Crippen LogP contribution in [0.2, 0.25) is 0 Å². The van der Waals surface area contributed by atoms with Crippen LogP contribution in [0.3, 0.4) is 0 Å². The molecule has 158 valence electrons. The minimum absolute atomic E-state index is 0. The molecule has 8 heteroatoms. The summed E-state index contributed by atoms with van der Waals surface area (Å²) in [6.07, 6.45) is 4.64. The predicted molar refractivity (Wildman–Crippen MR) is 128 cm³/mol. The van der Waals surface area contributed by atoms with Gasteiger partial charge in [-0.3, -0.25) is 14.7 Å². The molecule has 28 heavy (non-hydrogen) atoms. The Bertz CT molecular complexity index is 610. The molecule has 2 aliphatic rings. The van der Waals surface area contributed by atoms with E-state index in [-0.39, 0.29) is 30.0 Å². The van der Waals surface area contributed by atoms with Crippen LogP contribution in [-0.4, -0.2) is 68.0 Å². The lowest BCUT2D eigenvalue weighted by Crippen LogP contribution is -2.52. The maximum Gasteiger partial charge on any atom is 0.225 e.